The van der Waals surface area contributed by atoms with Gasteiger partial charge in [0, 0.05) is 5.56 Å². The minimum absolute atomic E-state index is 0.0981. The zero-order valence-electron chi connectivity index (χ0n) is 10.7. The predicted molar refractivity (Wildman–Crippen MR) is 62.5 cm³/mol. The average molecular weight is 262 g/mol. The van der Waals surface area contributed by atoms with Crippen LogP contribution in [-0.4, -0.2) is 11.7 Å². The highest BCUT2D eigenvalue weighted by molar-refractivity contribution is 5.46. The SMILES string of the molecule is CCCCOc1c(O)c(F)c(C(C)C)c(F)c1F. The Balaban J connectivity index is 3.21. The van der Waals surface area contributed by atoms with E-state index in [1.807, 2.05) is 6.92 Å². The van der Waals surface area contributed by atoms with E-state index in [9.17, 15) is 18.3 Å². The molecule has 1 N–H and O–H groups in total. The van der Waals surface area contributed by atoms with E-state index in [0.29, 0.717) is 6.42 Å². The molecule has 18 heavy (non-hydrogen) atoms. The maximum atomic E-state index is 13.7. The molecule has 0 spiro atoms. The van der Waals surface area contributed by atoms with E-state index in [1.54, 1.807) is 0 Å². The molecule has 2 nitrogen and oxygen atoms in total. The van der Waals surface area contributed by atoms with E-state index in [0.717, 1.165) is 6.42 Å². The number of hydrogen-bond donors (Lipinski definition) is 1. The molecule has 1 rings (SSSR count). The van der Waals surface area contributed by atoms with Gasteiger partial charge in [0.05, 0.1) is 6.61 Å². The molecule has 102 valence electrons. The average Bonchev–Trinajstić information content (AvgIpc) is 2.31. The number of benzene rings is 1. The number of rotatable bonds is 5. The normalized spacial score (nSPS) is 11.1. The van der Waals surface area contributed by atoms with Crippen molar-refractivity contribution in [2.75, 3.05) is 6.61 Å². The summed E-state index contributed by atoms with van der Waals surface area (Å²) in [5, 5.41) is 9.53. The highest BCUT2D eigenvalue weighted by Crippen LogP contribution is 2.39. The van der Waals surface area contributed by atoms with Crippen LogP contribution in [0.4, 0.5) is 13.2 Å². The minimum atomic E-state index is -1.34. The van der Waals surface area contributed by atoms with Crippen LogP contribution in [0, 0.1) is 17.5 Å². The first-order valence-corrected chi connectivity index (χ1v) is 5.93. The van der Waals surface area contributed by atoms with Crippen LogP contribution in [0.2, 0.25) is 0 Å². The molecule has 0 fully saturated rings. The third kappa shape index (κ3) is 2.71. The Morgan fingerprint density at radius 3 is 2.22 bits per heavy atom. The Kier molecular flexibility index (Phi) is 4.87. The molecule has 0 bridgehead atoms. The van der Waals surface area contributed by atoms with E-state index in [-0.39, 0.29) is 6.61 Å². The Hall–Kier alpha value is -1.39. The first kappa shape index (κ1) is 14.7. The summed E-state index contributed by atoms with van der Waals surface area (Å²) in [6.07, 6.45) is 1.39. The standard InChI is InChI=1S/C13H17F3O2/c1-4-5-6-18-13-11(16)9(14)8(7(2)3)10(15)12(13)17/h7,17H,4-6H2,1-3H3. The molecule has 0 aliphatic carbocycles. The van der Waals surface area contributed by atoms with Gasteiger partial charge in [-0.05, 0) is 12.3 Å². The van der Waals surface area contributed by atoms with Crippen molar-refractivity contribution in [3.05, 3.63) is 23.0 Å². The van der Waals surface area contributed by atoms with Gasteiger partial charge in [-0.2, -0.15) is 4.39 Å². The van der Waals surface area contributed by atoms with Gasteiger partial charge in [-0.1, -0.05) is 27.2 Å². The molecular weight excluding hydrogens is 245 g/mol. The number of unbranched alkanes of at least 4 members (excludes halogenated alkanes) is 1. The molecular formula is C13H17F3O2. The quantitative estimate of drug-likeness (QED) is 0.639. The van der Waals surface area contributed by atoms with E-state index in [1.165, 1.54) is 13.8 Å². The van der Waals surface area contributed by atoms with Gasteiger partial charge in [0.1, 0.15) is 0 Å². The molecule has 0 atom stereocenters. The van der Waals surface area contributed by atoms with E-state index in [2.05, 4.69) is 0 Å². The summed E-state index contributed by atoms with van der Waals surface area (Å²) in [5.74, 6) is -6.08. The Morgan fingerprint density at radius 2 is 1.72 bits per heavy atom. The van der Waals surface area contributed by atoms with Crippen LogP contribution in [0.5, 0.6) is 11.5 Å². The van der Waals surface area contributed by atoms with Gasteiger partial charge in [0.25, 0.3) is 0 Å². The molecule has 0 aliphatic rings. The van der Waals surface area contributed by atoms with Gasteiger partial charge >= 0.3 is 0 Å². The van der Waals surface area contributed by atoms with Gasteiger partial charge in [0.2, 0.25) is 11.6 Å². The fourth-order valence-corrected chi connectivity index (χ4v) is 1.60. The van der Waals surface area contributed by atoms with Gasteiger partial charge in [-0.3, -0.25) is 0 Å². The lowest BCUT2D eigenvalue weighted by molar-refractivity contribution is 0.264. The van der Waals surface area contributed by atoms with Crippen molar-refractivity contribution in [2.24, 2.45) is 0 Å². The summed E-state index contributed by atoms with van der Waals surface area (Å²) in [4.78, 5) is 0. The molecule has 1 aromatic carbocycles. The molecule has 1 aromatic rings. The van der Waals surface area contributed by atoms with Crippen molar-refractivity contribution in [3.8, 4) is 11.5 Å². The predicted octanol–water partition coefficient (Wildman–Crippen LogP) is 4.11. The molecule has 0 aromatic heterocycles. The number of aromatic hydroxyl groups is 1. The summed E-state index contributed by atoms with van der Waals surface area (Å²) in [5.41, 5.74) is -0.465. The number of phenolic OH excluding ortho intramolecular Hbond substituents is 1. The molecule has 0 amide bonds. The van der Waals surface area contributed by atoms with Gasteiger partial charge in [-0.15, -0.1) is 0 Å². The topological polar surface area (TPSA) is 29.5 Å². The fraction of sp³-hybridized carbons (Fsp3) is 0.538. The summed E-state index contributed by atoms with van der Waals surface area (Å²) in [6.45, 7) is 5.01. The third-order valence-corrected chi connectivity index (χ3v) is 2.61. The molecule has 0 radical (unpaired) electrons. The Bertz CT molecular complexity index is 402. The van der Waals surface area contributed by atoms with Crippen LogP contribution in [0.3, 0.4) is 0 Å². The Labute approximate surface area is 104 Å². The van der Waals surface area contributed by atoms with Gasteiger partial charge in [-0.25, -0.2) is 8.78 Å². The lowest BCUT2D eigenvalue weighted by Crippen LogP contribution is -2.07. The molecule has 0 aliphatic heterocycles. The lowest BCUT2D eigenvalue weighted by Gasteiger charge is -2.15. The maximum Gasteiger partial charge on any atom is 0.205 e. The van der Waals surface area contributed by atoms with Crippen molar-refractivity contribution in [1.29, 1.82) is 0 Å². The van der Waals surface area contributed by atoms with E-state index < -0.39 is 40.4 Å². The van der Waals surface area contributed by atoms with Crippen LogP contribution in [0.25, 0.3) is 0 Å². The second-order valence-electron chi connectivity index (χ2n) is 4.39. The fourth-order valence-electron chi connectivity index (χ4n) is 1.60. The highest BCUT2D eigenvalue weighted by Gasteiger charge is 2.27. The third-order valence-electron chi connectivity index (χ3n) is 2.61. The van der Waals surface area contributed by atoms with Crippen molar-refractivity contribution < 1.29 is 23.0 Å². The van der Waals surface area contributed by atoms with Gasteiger partial charge in [0.15, 0.2) is 17.4 Å². The number of hydrogen-bond acceptors (Lipinski definition) is 2. The lowest BCUT2D eigenvalue weighted by atomic mass is 10.0. The number of ether oxygens (including phenoxy) is 1. The minimum Gasteiger partial charge on any atom is -0.502 e. The van der Waals surface area contributed by atoms with E-state index in [4.69, 9.17) is 4.74 Å². The van der Waals surface area contributed by atoms with Crippen molar-refractivity contribution >= 4 is 0 Å². The van der Waals surface area contributed by atoms with E-state index >= 15 is 0 Å². The molecule has 5 heteroatoms. The smallest absolute Gasteiger partial charge is 0.205 e. The molecule has 0 heterocycles. The van der Waals surface area contributed by atoms with Crippen molar-refractivity contribution in [2.45, 2.75) is 39.5 Å². The van der Waals surface area contributed by atoms with Gasteiger partial charge < -0.3 is 9.84 Å². The number of phenols is 1. The van der Waals surface area contributed by atoms with Crippen LogP contribution in [0.1, 0.15) is 45.1 Å². The summed E-state index contributed by atoms with van der Waals surface area (Å²) in [7, 11) is 0. The zero-order valence-corrected chi connectivity index (χ0v) is 10.7. The zero-order chi connectivity index (χ0) is 13.9. The monoisotopic (exact) mass is 262 g/mol. The van der Waals surface area contributed by atoms with Crippen LogP contribution >= 0.6 is 0 Å². The summed E-state index contributed by atoms with van der Waals surface area (Å²) in [6, 6.07) is 0. The highest BCUT2D eigenvalue weighted by atomic mass is 19.2. The molecule has 0 unspecified atom stereocenters. The summed E-state index contributed by atoms with van der Waals surface area (Å²) < 4.78 is 45.9. The second-order valence-corrected chi connectivity index (χ2v) is 4.39. The van der Waals surface area contributed by atoms with Crippen molar-refractivity contribution in [3.63, 3.8) is 0 Å². The van der Waals surface area contributed by atoms with Crippen LogP contribution in [0.15, 0.2) is 0 Å². The van der Waals surface area contributed by atoms with Crippen LogP contribution < -0.4 is 4.74 Å². The van der Waals surface area contributed by atoms with Crippen LogP contribution in [-0.2, 0) is 0 Å². The first-order valence-electron chi connectivity index (χ1n) is 5.93. The summed E-state index contributed by atoms with van der Waals surface area (Å²) >= 11 is 0. The molecule has 0 saturated carbocycles. The Morgan fingerprint density at radius 1 is 1.11 bits per heavy atom. The largest absolute Gasteiger partial charge is 0.502 e. The molecule has 0 saturated heterocycles. The second kappa shape index (κ2) is 5.98. The number of halogens is 3. The van der Waals surface area contributed by atoms with Crippen molar-refractivity contribution in [1.82, 2.24) is 0 Å². The first-order chi connectivity index (χ1) is 8.41. The maximum absolute atomic E-state index is 13.7.